The van der Waals surface area contributed by atoms with Crippen molar-refractivity contribution >= 4 is 28.8 Å². The standard InChI is InChI=1S/C22H24N4O4S/c1-3-11-30-18-9-7-15(8-10-18)13-23-20(27)16-5-4-6-17(12-16)24-21(28)22-26-25-19(31-22)14-29-2/h4-10,12H,3,11,13-14H2,1-2H3,(H,23,27)(H,24,28). The zero-order chi connectivity index (χ0) is 22.1. The van der Waals surface area contributed by atoms with E-state index in [1.165, 1.54) is 0 Å². The topological polar surface area (TPSA) is 102 Å². The number of nitrogens with zero attached hydrogens (tertiary/aromatic N) is 2. The third-order valence-corrected chi connectivity index (χ3v) is 5.06. The van der Waals surface area contributed by atoms with Crippen molar-refractivity contribution in [2.45, 2.75) is 26.5 Å². The van der Waals surface area contributed by atoms with Crippen LogP contribution in [0.2, 0.25) is 0 Å². The molecule has 0 aliphatic heterocycles. The van der Waals surface area contributed by atoms with Gasteiger partial charge in [0.25, 0.3) is 11.8 Å². The lowest BCUT2D eigenvalue weighted by Gasteiger charge is -2.09. The summed E-state index contributed by atoms with van der Waals surface area (Å²) in [5.41, 5.74) is 1.90. The molecule has 0 saturated carbocycles. The Morgan fingerprint density at radius 2 is 1.87 bits per heavy atom. The zero-order valence-electron chi connectivity index (χ0n) is 17.4. The van der Waals surface area contributed by atoms with Crippen LogP contribution in [0.25, 0.3) is 0 Å². The van der Waals surface area contributed by atoms with E-state index in [0.717, 1.165) is 29.1 Å². The molecule has 0 atom stereocenters. The average molecular weight is 441 g/mol. The number of benzene rings is 2. The first-order chi connectivity index (χ1) is 15.1. The zero-order valence-corrected chi connectivity index (χ0v) is 18.2. The van der Waals surface area contributed by atoms with Crippen LogP contribution in [0.15, 0.2) is 48.5 Å². The van der Waals surface area contributed by atoms with Crippen molar-refractivity contribution in [1.82, 2.24) is 15.5 Å². The smallest absolute Gasteiger partial charge is 0.286 e. The molecule has 31 heavy (non-hydrogen) atoms. The van der Waals surface area contributed by atoms with Crippen molar-refractivity contribution in [2.24, 2.45) is 0 Å². The van der Waals surface area contributed by atoms with Crippen molar-refractivity contribution in [2.75, 3.05) is 19.0 Å². The molecule has 1 heterocycles. The number of aromatic nitrogens is 2. The summed E-state index contributed by atoms with van der Waals surface area (Å²) in [5.74, 6) is 0.189. The molecule has 162 valence electrons. The molecule has 0 fully saturated rings. The molecular formula is C22H24N4O4S. The Kier molecular flexibility index (Phi) is 8.08. The maximum absolute atomic E-state index is 12.5. The quantitative estimate of drug-likeness (QED) is 0.499. The number of hydrogen-bond acceptors (Lipinski definition) is 7. The van der Waals surface area contributed by atoms with E-state index in [2.05, 4.69) is 27.8 Å². The number of methoxy groups -OCH3 is 1. The Labute approximate surface area is 184 Å². The fraction of sp³-hybridized carbons (Fsp3) is 0.273. The fourth-order valence-corrected chi connectivity index (χ4v) is 3.36. The molecule has 0 aliphatic rings. The number of rotatable bonds is 10. The SMILES string of the molecule is CCCOc1ccc(CNC(=O)c2cccc(NC(=O)c3nnc(COC)s3)c2)cc1. The van der Waals surface area contributed by atoms with E-state index in [1.807, 2.05) is 24.3 Å². The molecule has 9 heteroatoms. The second-order valence-corrected chi connectivity index (χ2v) is 7.71. The Morgan fingerprint density at radius 3 is 2.61 bits per heavy atom. The van der Waals surface area contributed by atoms with Gasteiger partial charge in [-0.2, -0.15) is 0 Å². The number of ether oxygens (including phenoxy) is 2. The summed E-state index contributed by atoms with van der Waals surface area (Å²) in [4.78, 5) is 24.9. The molecule has 2 aromatic carbocycles. The highest BCUT2D eigenvalue weighted by Gasteiger charge is 2.14. The van der Waals surface area contributed by atoms with Gasteiger partial charge < -0.3 is 20.1 Å². The Bertz CT molecular complexity index is 1020. The van der Waals surface area contributed by atoms with E-state index in [0.29, 0.717) is 36.0 Å². The maximum Gasteiger partial charge on any atom is 0.286 e. The van der Waals surface area contributed by atoms with Crippen LogP contribution in [-0.2, 0) is 17.9 Å². The molecule has 0 saturated heterocycles. The van der Waals surface area contributed by atoms with Crippen LogP contribution in [0.3, 0.4) is 0 Å². The van der Waals surface area contributed by atoms with Gasteiger partial charge >= 0.3 is 0 Å². The van der Waals surface area contributed by atoms with Crippen LogP contribution >= 0.6 is 11.3 Å². The summed E-state index contributed by atoms with van der Waals surface area (Å²) in [5, 5.41) is 14.2. The second-order valence-electron chi connectivity index (χ2n) is 6.64. The lowest BCUT2D eigenvalue weighted by Crippen LogP contribution is -2.23. The number of anilines is 1. The van der Waals surface area contributed by atoms with Gasteiger partial charge in [-0.3, -0.25) is 9.59 Å². The summed E-state index contributed by atoms with van der Waals surface area (Å²) in [6.07, 6.45) is 0.951. The summed E-state index contributed by atoms with van der Waals surface area (Å²) in [7, 11) is 1.55. The number of carbonyl (C=O) groups excluding carboxylic acids is 2. The van der Waals surface area contributed by atoms with Crippen molar-refractivity contribution in [3.63, 3.8) is 0 Å². The molecule has 1 aromatic heterocycles. The van der Waals surface area contributed by atoms with E-state index in [-0.39, 0.29) is 16.8 Å². The van der Waals surface area contributed by atoms with Crippen LogP contribution in [0.4, 0.5) is 5.69 Å². The number of hydrogen-bond donors (Lipinski definition) is 2. The van der Waals surface area contributed by atoms with Crippen molar-refractivity contribution < 1.29 is 19.1 Å². The van der Waals surface area contributed by atoms with Crippen LogP contribution < -0.4 is 15.4 Å². The maximum atomic E-state index is 12.5. The van der Waals surface area contributed by atoms with E-state index < -0.39 is 0 Å². The van der Waals surface area contributed by atoms with Gasteiger partial charge in [-0.1, -0.05) is 36.5 Å². The molecule has 2 amide bonds. The van der Waals surface area contributed by atoms with Crippen LogP contribution in [-0.4, -0.2) is 35.7 Å². The summed E-state index contributed by atoms with van der Waals surface area (Å²) in [6, 6.07) is 14.3. The van der Waals surface area contributed by atoms with Crippen LogP contribution in [0.1, 0.15) is 44.1 Å². The normalized spacial score (nSPS) is 10.5. The Morgan fingerprint density at radius 1 is 1.06 bits per heavy atom. The number of amides is 2. The van der Waals surface area contributed by atoms with Gasteiger partial charge in [-0.25, -0.2) is 0 Å². The summed E-state index contributed by atoms with van der Waals surface area (Å²) < 4.78 is 10.5. The molecular weight excluding hydrogens is 416 g/mol. The first-order valence-electron chi connectivity index (χ1n) is 9.81. The highest BCUT2D eigenvalue weighted by atomic mass is 32.1. The minimum atomic E-state index is -0.386. The predicted octanol–water partition coefficient (Wildman–Crippen LogP) is 3.66. The van der Waals surface area contributed by atoms with Gasteiger partial charge in [0, 0.05) is 24.9 Å². The Balaban J connectivity index is 1.56. The van der Waals surface area contributed by atoms with Gasteiger partial charge in [-0.15, -0.1) is 10.2 Å². The molecule has 0 aliphatic carbocycles. The largest absolute Gasteiger partial charge is 0.494 e. The lowest BCUT2D eigenvalue weighted by molar-refractivity contribution is 0.0949. The molecule has 3 aromatic rings. The van der Waals surface area contributed by atoms with Gasteiger partial charge in [0.15, 0.2) is 0 Å². The van der Waals surface area contributed by atoms with E-state index in [9.17, 15) is 9.59 Å². The fourth-order valence-electron chi connectivity index (χ4n) is 2.66. The monoisotopic (exact) mass is 440 g/mol. The molecule has 0 spiro atoms. The Hall–Kier alpha value is -3.30. The van der Waals surface area contributed by atoms with Gasteiger partial charge in [0.1, 0.15) is 10.8 Å². The van der Waals surface area contributed by atoms with Gasteiger partial charge in [-0.05, 0) is 42.3 Å². The van der Waals surface area contributed by atoms with Gasteiger partial charge in [0.05, 0.1) is 13.2 Å². The molecule has 0 radical (unpaired) electrons. The first kappa shape index (κ1) is 22.4. The highest BCUT2D eigenvalue weighted by Crippen LogP contribution is 2.16. The molecule has 0 unspecified atom stereocenters. The second kappa shape index (κ2) is 11.2. The number of carbonyl (C=O) groups is 2. The molecule has 3 rings (SSSR count). The lowest BCUT2D eigenvalue weighted by atomic mass is 10.1. The van der Waals surface area contributed by atoms with Crippen LogP contribution in [0.5, 0.6) is 5.75 Å². The van der Waals surface area contributed by atoms with Crippen molar-refractivity contribution in [1.29, 1.82) is 0 Å². The minimum absolute atomic E-state index is 0.230. The number of nitrogens with one attached hydrogen (secondary N) is 2. The minimum Gasteiger partial charge on any atom is -0.494 e. The molecule has 8 nitrogen and oxygen atoms in total. The first-order valence-corrected chi connectivity index (χ1v) is 10.6. The van der Waals surface area contributed by atoms with E-state index in [4.69, 9.17) is 9.47 Å². The third-order valence-electron chi connectivity index (χ3n) is 4.16. The van der Waals surface area contributed by atoms with E-state index >= 15 is 0 Å². The van der Waals surface area contributed by atoms with Crippen molar-refractivity contribution in [3.8, 4) is 5.75 Å². The van der Waals surface area contributed by atoms with Gasteiger partial charge in [0.2, 0.25) is 5.01 Å². The van der Waals surface area contributed by atoms with Crippen LogP contribution in [0, 0.1) is 0 Å². The average Bonchev–Trinajstić information content (AvgIpc) is 3.26. The third kappa shape index (κ3) is 6.59. The van der Waals surface area contributed by atoms with Crippen molar-refractivity contribution in [3.05, 3.63) is 69.7 Å². The molecule has 2 N–H and O–H groups in total. The summed E-state index contributed by atoms with van der Waals surface area (Å²) in [6.45, 7) is 3.42. The highest BCUT2D eigenvalue weighted by molar-refractivity contribution is 7.13. The summed E-state index contributed by atoms with van der Waals surface area (Å²) >= 11 is 1.16. The van der Waals surface area contributed by atoms with E-state index in [1.54, 1.807) is 31.4 Å². The predicted molar refractivity (Wildman–Crippen MR) is 118 cm³/mol. The molecule has 0 bridgehead atoms.